The summed E-state index contributed by atoms with van der Waals surface area (Å²) in [7, 11) is 0. The van der Waals surface area contributed by atoms with Crippen molar-refractivity contribution < 1.29 is 27.5 Å². The smallest absolute Gasteiger partial charge is 0.373 e. The zero-order chi connectivity index (χ0) is 17.6. The molecule has 0 aromatic rings. The van der Waals surface area contributed by atoms with Crippen molar-refractivity contribution in [3.63, 3.8) is 0 Å². The fourth-order valence-electron chi connectivity index (χ4n) is 2.31. The number of ketones is 1. The molecule has 1 saturated heterocycles. The SMILES string of the molecule is CC(CC(=O)C(F)(F)F)=NNC(=O)CCN1C[C@H](C)O[C@@H](C)C1. The van der Waals surface area contributed by atoms with Crippen LogP contribution in [-0.4, -0.2) is 60.3 Å². The Labute approximate surface area is 133 Å². The number of carbonyl (C=O) groups excluding carboxylic acids is 2. The van der Waals surface area contributed by atoms with E-state index < -0.39 is 24.3 Å². The van der Waals surface area contributed by atoms with Gasteiger partial charge in [0.25, 0.3) is 0 Å². The van der Waals surface area contributed by atoms with Crippen LogP contribution >= 0.6 is 0 Å². The molecule has 0 radical (unpaired) electrons. The molecule has 0 aliphatic carbocycles. The Balaban J connectivity index is 2.33. The van der Waals surface area contributed by atoms with E-state index >= 15 is 0 Å². The van der Waals surface area contributed by atoms with Gasteiger partial charge in [-0.3, -0.25) is 14.5 Å². The molecule has 1 heterocycles. The van der Waals surface area contributed by atoms with Crippen molar-refractivity contribution in [1.82, 2.24) is 10.3 Å². The summed E-state index contributed by atoms with van der Waals surface area (Å²) in [5, 5.41) is 3.52. The third-order valence-corrected chi connectivity index (χ3v) is 3.25. The van der Waals surface area contributed by atoms with Crippen LogP contribution in [0.15, 0.2) is 5.10 Å². The van der Waals surface area contributed by atoms with Crippen molar-refractivity contribution in [2.24, 2.45) is 5.10 Å². The fourth-order valence-corrected chi connectivity index (χ4v) is 2.31. The van der Waals surface area contributed by atoms with Gasteiger partial charge in [0, 0.05) is 31.8 Å². The molecule has 1 N–H and O–H groups in total. The maximum Gasteiger partial charge on any atom is 0.450 e. The van der Waals surface area contributed by atoms with Crippen LogP contribution in [0.4, 0.5) is 13.2 Å². The van der Waals surface area contributed by atoms with E-state index in [9.17, 15) is 22.8 Å². The van der Waals surface area contributed by atoms with E-state index in [0.29, 0.717) is 6.54 Å². The van der Waals surface area contributed by atoms with Crippen molar-refractivity contribution in [2.75, 3.05) is 19.6 Å². The van der Waals surface area contributed by atoms with Crippen molar-refractivity contribution in [3.8, 4) is 0 Å². The molecule has 1 amide bonds. The van der Waals surface area contributed by atoms with Crippen LogP contribution < -0.4 is 5.43 Å². The molecule has 1 aliphatic rings. The summed E-state index contributed by atoms with van der Waals surface area (Å²) in [5.41, 5.74) is 2.08. The van der Waals surface area contributed by atoms with E-state index in [1.165, 1.54) is 6.92 Å². The number of hydrazone groups is 1. The first-order chi connectivity index (χ1) is 10.6. The molecule has 6 nitrogen and oxygen atoms in total. The van der Waals surface area contributed by atoms with Gasteiger partial charge < -0.3 is 4.74 Å². The molecule has 1 rings (SSSR count). The molecule has 0 bridgehead atoms. The summed E-state index contributed by atoms with van der Waals surface area (Å²) in [6.07, 6.45) is -5.39. The predicted molar refractivity (Wildman–Crippen MR) is 78.0 cm³/mol. The predicted octanol–water partition coefficient (Wildman–Crippen LogP) is 1.50. The van der Waals surface area contributed by atoms with E-state index in [1.54, 1.807) is 0 Å². The Morgan fingerprint density at radius 2 is 1.83 bits per heavy atom. The molecule has 0 spiro atoms. The monoisotopic (exact) mass is 337 g/mol. The number of carbonyl (C=O) groups is 2. The summed E-state index contributed by atoms with van der Waals surface area (Å²) >= 11 is 0. The summed E-state index contributed by atoms with van der Waals surface area (Å²) < 4.78 is 41.9. The Hall–Kier alpha value is -1.48. The Morgan fingerprint density at radius 3 is 2.35 bits per heavy atom. The third-order valence-electron chi connectivity index (χ3n) is 3.25. The highest BCUT2D eigenvalue weighted by atomic mass is 19.4. The topological polar surface area (TPSA) is 71.0 Å². The van der Waals surface area contributed by atoms with E-state index in [4.69, 9.17) is 4.74 Å². The van der Waals surface area contributed by atoms with Crippen LogP contribution in [0.2, 0.25) is 0 Å². The van der Waals surface area contributed by atoms with Crippen LogP contribution in [0.3, 0.4) is 0 Å². The maximum atomic E-state index is 12.1. The van der Waals surface area contributed by atoms with Gasteiger partial charge in [0.1, 0.15) is 0 Å². The van der Waals surface area contributed by atoms with Crippen LogP contribution in [0.25, 0.3) is 0 Å². The lowest BCUT2D eigenvalue weighted by Crippen LogP contribution is -2.46. The van der Waals surface area contributed by atoms with Gasteiger partial charge in [-0.25, -0.2) is 5.43 Å². The number of ether oxygens (including phenoxy) is 1. The summed E-state index contributed by atoms with van der Waals surface area (Å²) in [6.45, 7) is 7.12. The molecular formula is C14H22F3N3O3. The standard InChI is InChI=1S/C14H22F3N3O3/c1-9(6-12(21)14(15,16)17)18-19-13(22)4-5-20-7-10(2)23-11(3)8-20/h10-11H,4-8H2,1-3H3,(H,19,22)/t10-,11-/m0/s1. The minimum Gasteiger partial charge on any atom is -0.373 e. The lowest BCUT2D eigenvalue weighted by atomic mass is 10.2. The highest BCUT2D eigenvalue weighted by Crippen LogP contribution is 2.17. The number of hydrogen-bond donors (Lipinski definition) is 1. The van der Waals surface area contributed by atoms with Crippen LogP contribution in [0, 0.1) is 0 Å². The molecule has 23 heavy (non-hydrogen) atoms. The number of halogens is 3. The van der Waals surface area contributed by atoms with Gasteiger partial charge in [-0.05, 0) is 20.8 Å². The van der Waals surface area contributed by atoms with Gasteiger partial charge in [0.15, 0.2) is 0 Å². The molecule has 1 fully saturated rings. The minimum atomic E-state index is -4.88. The molecule has 0 unspecified atom stereocenters. The highest BCUT2D eigenvalue weighted by Gasteiger charge is 2.38. The van der Waals surface area contributed by atoms with E-state index in [0.717, 1.165) is 13.1 Å². The van der Waals surface area contributed by atoms with E-state index in [-0.39, 0.29) is 24.3 Å². The first-order valence-corrected chi connectivity index (χ1v) is 7.37. The molecule has 2 atom stereocenters. The first-order valence-electron chi connectivity index (χ1n) is 7.37. The number of morpholine rings is 1. The summed E-state index contributed by atoms with van der Waals surface area (Å²) in [4.78, 5) is 24.5. The van der Waals surface area contributed by atoms with Crippen molar-refractivity contribution >= 4 is 17.4 Å². The number of nitrogens with zero attached hydrogens (tertiary/aromatic N) is 2. The van der Waals surface area contributed by atoms with Crippen LogP contribution in [0.5, 0.6) is 0 Å². The molecule has 0 aromatic carbocycles. The van der Waals surface area contributed by atoms with Gasteiger partial charge >= 0.3 is 6.18 Å². The average Bonchev–Trinajstić information content (AvgIpc) is 2.40. The van der Waals surface area contributed by atoms with Crippen molar-refractivity contribution in [3.05, 3.63) is 0 Å². The minimum absolute atomic E-state index is 0.0886. The first kappa shape index (κ1) is 19.6. The summed E-state index contributed by atoms with van der Waals surface area (Å²) in [5.74, 6) is -2.29. The highest BCUT2D eigenvalue weighted by molar-refractivity contribution is 6.03. The largest absolute Gasteiger partial charge is 0.450 e. The lowest BCUT2D eigenvalue weighted by Gasteiger charge is -2.35. The number of amides is 1. The Bertz CT molecular complexity index is 456. The normalized spacial score (nSPS) is 23.7. The van der Waals surface area contributed by atoms with Gasteiger partial charge in [-0.1, -0.05) is 0 Å². The number of rotatable bonds is 6. The second-order valence-electron chi connectivity index (χ2n) is 5.75. The molecule has 0 saturated carbocycles. The zero-order valence-electron chi connectivity index (χ0n) is 13.4. The molecule has 132 valence electrons. The van der Waals surface area contributed by atoms with Crippen molar-refractivity contribution in [1.29, 1.82) is 0 Å². The average molecular weight is 337 g/mol. The van der Waals surface area contributed by atoms with E-state index in [1.807, 2.05) is 13.8 Å². The maximum absolute atomic E-state index is 12.1. The molecule has 9 heteroatoms. The Kier molecular flexibility index (Phi) is 7.14. The Morgan fingerprint density at radius 1 is 1.26 bits per heavy atom. The number of hydrogen-bond acceptors (Lipinski definition) is 5. The second-order valence-corrected chi connectivity index (χ2v) is 5.75. The van der Waals surface area contributed by atoms with Gasteiger partial charge in [-0.15, -0.1) is 0 Å². The van der Waals surface area contributed by atoms with Gasteiger partial charge in [0.05, 0.1) is 18.6 Å². The number of alkyl halides is 3. The lowest BCUT2D eigenvalue weighted by molar-refractivity contribution is -0.169. The quantitative estimate of drug-likeness (QED) is 0.589. The van der Waals surface area contributed by atoms with Gasteiger partial charge in [0.2, 0.25) is 11.7 Å². The van der Waals surface area contributed by atoms with Crippen molar-refractivity contribution in [2.45, 2.75) is 52.0 Å². The van der Waals surface area contributed by atoms with Crippen LogP contribution in [-0.2, 0) is 14.3 Å². The second kappa shape index (κ2) is 8.39. The van der Waals surface area contributed by atoms with Crippen LogP contribution in [0.1, 0.15) is 33.6 Å². The summed E-state index contributed by atoms with van der Waals surface area (Å²) in [6, 6.07) is 0. The molecule has 1 aliphatic heterocycles. The molecular weight excluding hydrogens is 315 g/mol. The molecule has 0 aromatic heterocycles. The number of Topliss-reactive ketones (excluding diaryl/α,β-unsaturated/α-hetero) is 1. The van der Waals surface area contributed by atoms with Gasteiger partial charge in [-0.2, -0.15) is 18.3 Å². The fraction of sp³-hybridized carbons (Fsp3) is 0.786. The third kappa shape index (κ3) is 7.56. The number of nitrogens with one attached hydrogen (secondary N) is 1. The zero-order valence-corrected chi connectivity index (χ0v) is 13.4. The van der Waals surface area contributed by atoms with E-state index in [2.05, 4.69) is 15.4 Å².